The van der Waals surface area contributed by atoms with Crippen molar-refractivity contribution in [2.45, 2.75) is 155 Å². The van der Waals surface area contributed by atoms with Crippen molar-refractivity contribution in [3.05, 3.63) is 102 Å². The van der Waals surface area contributed by atoms with Crippen LogP contribution in [0.1, 0.15) is 123 Å². The quantitative estimate of drug-likeness (QED) is 0.113. The summed E-state index contributed by atoms with van der Waals surface area (Å²) in [6.45, 7) is 17.9. The summed E-state index contributed by atoms with van der Waals surface area (Å²) in [6.07, 6.45) is 1.11. The molecule has 2 fully saturated rings. The Morgan fingerprint density at radius 3 is 1.89 bits per heavy atom. The standard InChI is InChI=1S/C50H64FN3O8/c1-32(2)45-44(47(57)53-36-18-14-11-15-19-36)43(33-16-12-10-13-17-33)46(34-20-22-35(51)23-21-34)54(45)27-25-38-29-39(60-50(8,9)59-38)30-41(55)52-26-24-37-28-40(61-49(6,7)58-37)31-42(56)62-48(3,4)5/h10-23,32,37-40H,24-31H2,1-9H3,(H,52,55)(H,53,57)/t37-,38-,39-,40-/m1/s1. The summed E-state index contributed by atoms with van der Waals surface area (Å²) in [5.74, 6) is -2.95. The van der Waals surface area contributed by atoms with Crippen LogP contribution in [0.25, 0.3) is 22.4 Å². The van der Waals surface area contributed by atoms with Crippen molar-refractivity contribution in [1.82, 2.24) is 9.88 Å². The number of amides is 2. The number of hydrogen-bond donors (Lipinski definition) is 2. The first-order chi connectivity index (χ1) is 29.3. The van der Waals surface area contributed by atoms with Gasteiger partial charge in [0.2, 0.25) is 5.91 Å². The molecule has 12 heteroatoms. The molecule has 3 heterocycles. The molecule has 3 aromatic carbocycles. The minimum Gasteiger partial charge on any atom is -0.460 e. The number of hydrogen-bond acceptors (Lipinski definition) is 8. The largest absolute Gasteiger partial charge is 0.460 e. The van der Waals surface area contributed by atoms with Crippen LogP contribution in [0, 0.1) is 5.82 Å². The van der Waals surface area contributed by atoms with Crippen molar-refractivity contribution >= 4 is 23.5 Å². The van der Waals surface area contributed by atoms with Crippen LogP contribution >= 0.6 is 0 Å². The number of nitrogens with one attached hydrogen (secondary N) is 2. The van der Waals surface area contributed by atoms with Crippen molar-refractivity contribution in [1.29, 1.82) is 0 Å². The van der Waals surface area contributed by atoms with E-state index in [0.717, 1.165) is 28.1 Å². The fourth-order valence-corrected chi connectivity index (χ4v) is 8.75. The molecule has 6 rings (SSSR count). The minimum absolute atomic E-state index is 0.0693. The van der Waals surface area contributed by atoms with Crippen molar-refractivity contribution in [2.75, 3.05) is 11.9 Å². The minimum atomic E-state index is -0.953. The van der Waals surface area contributed by atoms with Gasteiger partial charge in [-0.2, -0.15) is 0 Å². The Kier molecular flexibility index (Phi) is 14.8. The Morgan fingerprint density at radius 1 is 0.758 bits per heavy atom. The summed E-state index contributed by atoms with van der Waals surface area (Å²) in [7, 11) is 0. The summed E-state index contributed by atoms with van der Waals surface area (Å²) >= 11 is 0. The maximum atomic E-state index is 14.5. The average Bonchev–Trinajstić information content (AvgIpc) is 3.52. The SMILES string of the molecule is CC(C)c1c(C(=O)Nc2ccccc2)c(-c2ccccc2)c(-c2ccc(F)cc2)n1CC[C@@H]1C[C@H](CC(=O)NCC[C@@H]2C[C@H](CC(=O)OC(C)(C)C)OC(C)(C)O2)OC(C)(C)O1. The molecule has 0 aliphatic carbocycles. The lowest BCUT2D eigenvalue weighted by atomic mass is 9.94. The van der Waals surface area contributed by atoms with Gasteiger partial charge in [-0.3, -0.25) is 14.4 Å². The van der Waals surface area contributed by atoms with Gasteiger partial charge in [-0.1, -0.05) is 62.4 Å². The fraction of sp³-hybridized carbons (Fsp3) is 0.500. The highest BCUT2D eigenvalue weighted by Gasteiger charge is 2.39. The van der Waals surface area contributed by atoms with E-state index < -0.39 is 23.3 Å². The van der Waals surface area contributed by atoms with Crippen LogP contribution in [0.4, 0.5) is 10.1 Å². The van der Waals surface area contributed by atoms with Gasteiger partial charge in [-0.05, 0) is 115 Å². The van der Waals surface area contributed by atoms with E-state index in [1.54, 1.807) is 12.1 Å². The van der Waals surface area contributed by atoms with Crippen LogP contribution in [-0.2, 0) is 39.8 Å². The first kappa shape index (κ1) is 46.6. The summed E-state index contributed by atoms with van der Waals surface area (Å²) in [5.41, 5.74) is 4.74. The van der Waals surface area contributed by atoms with Gasteiger partial charge < -0.3 is 38.9 Å². The summed E-state index contributed by atoms with van der Waals surface area (Å²) in [4.78, 5) is 40.5. The third kappa shape index (κ3) is 12.6. The van der Waals surface area contributed by atoms with Gasteiger partial charge in [0.05, 0.1) is 48.5 Å². The van der Waals surface area contributed by atoms with Gasteiger partial charge >= 0.3 is 5.97 Å². The molecule has 2 amide bonds. The third-order valence-corrected chi connectivity index (χ3v) is 10.8. The van der Waals surface area contributed by atoms with Gasteiger partial charge in [-0.15, -0.1) is 0 Å². The van der Waals surface area contributed by atoms with Crippen molar-refractivity contribution < 1.29 is 42.5 Å². The first-order valence-corrected chi connectivity index (χ1v) is 21.9. The van der Waals surface area contributed by atoms with Gasteiger partial charge in [0.25, 0.3) is 5.91 Å². The molecule has 4 atom stereocenters. The highest BCUT2D eigenvalue weighted by molar-refractivity contribution is 6.12. The molecule has 334 valence electrons. The summed E-state index contributed by atoms with van der Waals surface area (Å²) < 4.78 is 47.1. The molecular formula is C50H64FN3O8. The van der Waals surface area contributed by atoms with Gasteiger partial charge in [0.1, 0.15) is 11.4 Å². The predicted octanol–water partition coefficient (Wildman–Crippen LogP) is 10.2. The number of para-hydroxylation sites is 1. The molecule has 2 aliphatic heterocycles. The number of nitrogens with zero attached hydrogens (tertiary/aromatic N) is 1. The van der Waals surface area contributed by atoms with E-state index in [1.165, 1.54) is 12.1 Å². The van der Waals surface area contributed by atoms with Gasteiger partial charge in [0, 0.05) is 42.9 Å². The lowest BCUT2D eigenvalue weighted by Gasteiger charge is -2.41. The Balaban J connectivity index is 1.18. The van der Waals surface area contributed by atoms with Crippen LogP contribution in [0.3, 0.4) is 0 Å². The second kappa shape index (κ2) is 19.7. The molecule has 2 aliphatic rings. The number of carbonyl (C=O) groups excluding carboxylic acids is 3. The molecule has 4 aromatic rings. The molecule has 0 bridgehead atoms. The molecule has 62 heavy (non-hydrogen) atoms. The van der Waals surface area contributed by atoms with E-state index in [9.17, 15) is 18.8 Å². The Bertz CT molecular complexity index is 2140. The molecule has 0 unspecified atom stereocenters. The summed E-state index contributed by atoms with van der Waals surface area (Å²) in [6, 6.07) is 25.6. The number of anilines is 1. The number of rotatable bonds is 15. The number of benzene rings is 3. The average molecular weight is 854 g/mol. The highest BCUT2D eigenvalue weighted by atomic mass is 19.1. The van der Waals surface area contributed by atoms with Crippen LogP contribution in [0.15, 0.2) is 84.9 Å². The van der Waals surface area contributed by atoms with E-state index in [2.05, 4.69) is 29.0 Å². The molecular weight excluding hydrogens is 790 g/mol. The first-order valence-electron chi connectivity index (χ1n) is 21.9. The summed E-state index contributed by atoms with van der Waals surface area (Å²) in [5, 5.41) is 6.19. The van der Waals surface area contributed by atoms with E-state index in [0.29, 0.717) is 50.0 Å². The van der Waals surface area contributed by atoms with E-state index in [-0.39, 0.29) is 60.7 Å². The maximum Gasteiger partial charge on any atom is 0.308 e. The Hall–Kier alpha value is -4.88. The molecule has 2 saturated heterocycles. The number of esters is 1. The Labute approximate surface area is 366 Å². The Morgan fingerprint density at radius 2 is 1.31 bits per heavy atom. The zero-order valence-electron chi connectivity index (χ0n) is 37.7. The van der Waals surface area contributed by atoms with Crippen LogP contribution < -0.4 is 10.6 Å². The highest BCUT2D eigenvalue weighted by Crippen LogP contribution is 2.43. The lowest BCUT2D eigenvalue weighted by molar-refractivity contribution is -0.300. The van der Waals surface area contributed by atoms with Crippen LogP contribution in [0.2, 0.25) is 0 Å². The third-order valence-electron chi connectivity index (χ3n) is 10.8. The molecule has 0 spiro atoms. The number of aromatic nitrogens is 1. The molecule has 2 N–H and O–H groups in total. The molecule has 11 nitrogen and oxygen atoms in total. The fourth-order valence-electron chi connectivity index (χ4n) is 8.75. The maximum absolute atomic E-state index is 14.5. The van der Waals surface area contributed by atoms with E-state index in [1.807, 2.05) is 109 Å². The second-order valence-electron chi connectivity index (χ2n) is 18.6. The molecule has 0 saturated carbocycles. The smallest absolute Gasteiger partial charge is 0.308 e. The van der Waals surface area contributed by atoms with Crippen LogP contribution in [-0.4, -0.2) is 70.5 Å². The zero-order valence-corrected chi connectivity index (χ0v) is 37.7. The van der Waals surface area contributed by atoms with Crippen molar-refractivity contribution in [3.8, 4) is 22.4 Å². The second-order valence-corrected chi connectivity index (χ2v) is 18.6. The topological polar surface area (TPSA) is 126 Å². The molecule has 0 radical (unpaired) electrons. The van der Waals surface area contributed by atoms with Gasteiger partial charge in [0.15, 0.2) is 11.6 Å². The number of ether oxygens (including phenoxy) is 5. The van der Waals surface area contributed by atoms with E-state index in [4.69, 9.17) is 23.7 Å². The monoisotopic (exact) mass is 853 g/mol. The number of halogens is 1. The van der Waals surface area contributed by atoms with Crippen LogP contribution in [0.5, 0.6) is 0 Å². The normalized spacial score (nSPS) is 21.0. The van der Waals surface area contributed by atoms with Crippen molar-refractivity contribution in [2.24, 2.45) is 0 Å². The zero-order chi connectivity index (χ0) is 44.8. The van der Waals surface area contributed by atoms with Crippen molar-refractivity contribution in [3.63, 3.8) is 0 Å². The number of carbonyl (C=O) groups is 3. The lowest BCUT2D eigenvalue weighted by Crippen LogP contribution is -2.47. The van der Waals surface area contributed by atoms with E-state index >= 15 is 0 Å². The predicted molar refractivity (Wildman–Crippen MR) is 238 cm³/mol. The molecule has 1 aromatic heterocycles. The van der Waals surface area contributed by atoms with Gasteiger partial charge in [-0.25, -0.2) is 4.39 Å².